The van der Waals surface area contributed by atoms with Crippen molar-refractivity contribution < 1.29 is 0 Å². The smallest absolute Gasteiger partial charge is 0.0226 e. The first-order valence-electron chi connectivity index (χ1n) is 5.75. The Kier molecular flexibility index (Phi) is 5.14. The van der Waals surface area contributed by atoms with Gasteiger partial charge >= 0.3 is 0 Å². The van der Waals surface area contributed by atoms with Gasteiger partial charge in [-0.15, -0.1) is 0 Å². The highest BCUT2D eigenvalue weighted by Crippen LogP contribution is 2.27. The molecule has 1 aliphatic rings. The van der Waals surface area contributed by atoms with Gasteiger partial charge in [0.05, 0.1) is 0 Å². The molecule has 1 heteroatoms. The van der Waals surface area contributed by atoms with Crippen molar-refractivity contribution in [1.29, 1.82) is 0 Å². The van der Waals surface area contributed by atoms with Crippen LogP contribution in [0.2, 0.25) is 0 Å². The molecule has 2 N–H and O–H groups in total. The van der Waals surface area contributed by atoms with Crippen molar-refractivity contribution in [2.45, 2.75) is 57.9 Å². The van der Waals surface area contributed by atoms with Crippen LogP contribution < -0.4 is 5.73 Å². The number of hydrogen-bond donors (Lipinski definition) is 1. The van der Waals surface area contributed by atoms with Gasteiger partial charge in [0, 0.05) is 6.04 Å². The Hall–Kier alpha value is -0.300. The molecule has 1 saturated carbocycles. The highest BCUT2D eigenvalue weighted by atomic mass is 14.6. The van der Waals surface area contributed by atoms with Gasteiger partial charge in [0.15, 0.2) is 0 Å². The average molecular weight is 181 g/mol. The molecule has 0 aromatic rings. The van der Waals surface area contributed by atoms with E-state index in [4.69, 9.17) is 5.73 Å². The first-order valence-corrected chi connectivity index (χ1v) is 5.75. The molecule has 1 fully saturated rings. The van der Waals surface area contributed by atoms with E-state index in [1.165, 1.54) is 38.5 Å². The molecule has 0 radical (unpaired) electrons. The van der Waals surface area contributed by atoms with Gasteiger partial charge in [0.25, 0.3) is 0 Å². The van der Waals surface area contributed by atoms with Crippen LogP contribution in [0.4, 0.5) is 0 Å². The molecule has 0 bridgehead atoms. The molecule has 0 spiro atoms. The largest absolute Gasteiger partial charge is 0.324 e. The third kappa shape index (κ3) is 4.47. The maximum atomic E-state index is 6.00. The predicted octanol–water partition coefficient (Wildman–Crippen LogP) is 3.25. The molecular formula is C12H23N. The molecule has 0 aromatic heterocycles. The monoisotopic (exact) mass is 181 g/mol. The molecular weight excluding hydrogens is 158 g/mol. The molecule has 1 rings (SSSR count). The summed E-state index contributed by atoms with van der Waals surface area (Å²) in [5.74, 6) is 0.908. The Morgan fingerprint density at radius 3 is 2.62 bits per heavy atom. The minimum Gasteiger partial charge on any atom is -0.324 e. The van der Waals surface area contributed by atoms with Gasteiger partial charge in [0.2, 0.25) is 0 Å². The molecule has 0 aliphatic heterocycles. The summed E-state index contributed by atoms with van der Waals surface area (Å²) in [4.78, 5) is 0. The van der Waals surface area contributed by atoms with Gasteiger partial charge in [-0.2, -0.15) is 0 Å². The van der Waals surface area contributed by atoms with E-state index in [0.29, 0.717) is 6.04 Å². The molecule has 1 nitrogen and oxygen atoms in total. The van der Waals surface area contributed by atoms with Crippen LogP contribution in [0.5, 0.6) is 0 Å². The lowest BCUT2D eigenvalue weighted by Gasteiger charge is -2.23. The molecule has 76 valence electrons. The highest BCUT2D eigenvalue weighted by Gasteiger charge is 2.14. The van der Waals surface area contributed by atoms with Crippen LogP contribution in [0.1, 0.15) is 51.9 Å². The molecule has 0 heterocycles. The molecule has 13 heavy (non-hydrogen) atoms. The fraction of sp³-hybridized carbons (Fsp3) is 0.833. The van der Waals surface area contributed by atoms with Crippen LogP contribution in [-0.4, -0.2) is 6.04 Å². The lowest BCUT2D eigenvalue weighted by atomic mass is 9.85. The van der Waals surface area contributed by atoms with Crippen molar-refractivity contribution in [2.24, 2.45) is 11.7 Å². The molecule has 0 saturated heterocycles. The normalized spacial score (nSPS) is 22.3. The fourth-order valence-corrected chi connectivity index (χ4v) is 2.20. The Bertz CT molecular complexity index is 145. The quantitative estimate of drug-likeness (QED) is 0.662. The molecule has 0 amide bonds. The van der Waals surface area contributed by atoms with E-state index in [0.717, 1.165) is 12.3 Å². The summed E-state index contributed by atoms with van der Waals surface area (Å²) in [5.41, 5.74) is 6.00. The van der Waals surface area contributed by atoms with Gasteiger partial charge in [-0.25, -0.2) is 0 Å². The van der Waals surface area contributed by atoms with Crippen LogP contribution in [0.25, 0.3) is 0 Å². The zero-order valence-electron chi connectivity index (χ0n) is 8.84. The Morgan fingerprint density at radius 2 is 2.00 bits per heavy atom. The van der Waals surface area contributed by atoms with E-state index in [-0.39, 0.29) is 0 Å². The summed E-state index contributed by atoms with van der Waals surface area (Å²) in [6.07, 6.45) is 13.8. The maximum absolute atomic E-state index is 6.00. The minimum absolute atomic E-state index is 0.308. The number of allylic oxidation sites excluding steroid dienone is 1. The Balaban J connectivity index is 2.18. The second kappa shape index (κ2) is 6.20. The Labute approximate surface area is 82.4 Å². The van der Waals surface area contributed by atoms with Crippen LogP contribution >= 0.6 is 0 Å². The van der Waals surface area contributed by atoms with Gasteiger partial charge in [-0.1, -0.05) is 51.2 Å². The number of rotatable bonds is 4. The first-order chi connectivity index (χ1) is 6.33. The van der Waals surface area contributed by atoms with Gasteiger partial charge in [-0.3, -0.25) is 0 Å². The second-order valence-electron chi connectivity index (χ2n) is 4.24. The molecule has 1 aliphatic carbocycles. The highest BCUT2D eigenvalue weighted by molar-refractivity contribution is 4.91. The Morgan fingerprint density at radius 1 is 1.31 bits per heavy atom. The van der Waals surface area contributed by atoms with Crippen molar-refractivity contribution in [3.63, 3.8) is 0 Å². The third-order valence-electron chi connectivity index (χ3n) is 2.95. The first kappa shape index (κ1) is 10.8. The molecule has 1 unspecified atom stereocenters. The van der Waals surface area contributed by atoms with Crippen molar-refractivity contribution in [3.8, 4) is 0 Å². The van der Waals surface area contributed by atoms with Crippen LogP contribution in [0, 0.1) is 5.92 Å². The van der Waals surface area contributed by atoms with Gasteiger partial charge in [-0.05, 0) is 18.8 Å². The zero-order chi connectivity index (χ0) is 9.52. The fourth-order valence-electron chi connectivity index (χ4n) is 2.20. The summed E-state index contributed by atoms with van der Waals surface area (Å²) >= 11 is 0. The van der Waals surface area contributed by atoms with E-state index >= 15 is 0 Å². The zero-order valence-corrected chi connectivity index (χ0v) is 8.84. The summed E-state index contributed by atoms with van der Waals surface area (Å²) in [5, 5.41) is 0. The van der Waals surface area contributed by atoms with Crippen molar-refractivity contribution in [1.82, 2.24) is 0 Å². The summed E-state index contributed by atoms with van der Waals surface area (Å²) < 4.78 is 0. The van der Waals surface area contributed by atoms with Crippen LogP contribution in [0.3, 0.4) is 0 Å². The van der Waals surface area contributed by atoms with E-state index in [1.807, 2.05) is 0 Å². The summed E-state index contributed by atoms with van der Waals surface area (Å²) in [7, 11) is 0. The minimum atomic E-state index is 0.308. The van der Waals surface area contributed by atoms with Gasteiger partial charge in [0.1, 0.15) is 0 Å². The van der Waals surface area contributed by atoms with Crippen LogP contribution in [0.15, 0.2) is 12.2 Å². The third-order valence-corrected chi connectivity index (χ3v) is 2.95. The summed E-state index contributed by atoms with van der Waals surface area (Å²) in [6.45, 7) is 2.16. The van der Waals surface area contributed by atoms with Gasteiger partial charge < -0.3 is 5.73 Å². The van der Waals surface area contributed by atoms with Crippen molar-refractivity contribution >= 4 is 0 Å². The average Bonchev–Trinajstić information content (AvgIpc) is 2.16. The topological polar surface area (TPSA) is 26.0 Å². The summed E-state index contributed by atoms with van der Waals surface area (Å²) in [6, 6.07) is 0.308. The van der Waals surface area contributed by atoms with E-state index in [9.17, 15) is 0 Å². The molecule has 0 aromatic carbocycles. The molecule has 1 atom stereocenters. The SMILES string of the molecule is CCC=CC(N)CC1CCCCC1. The van der Waals surface area contributed by atoms with Crippen molar-refractivity contribution in [3.05, 3.63) is 12.2 Å². The van der Waals surface area contributed by atoms with Crippen LogP contribution in [-0.2, 0) is 0 Å². The predicted molar refractivity (Wildman–Crippen MR) is 58.6 cm³/mol. The van der Waals surface area contributed by atoms with Crippen molar-refractivity contribution in [2.75, 3.05) is 0 Å². The number of hydrogen-bond acceptors (Lipinski definition) is 1. The van der Waals surface area contributed by atoms with E-state index < -0.39 is 0 Å². The number of nitrogens with two attached hydrogens (primary N) is 1. The standard InChI is InChI=1S/C12H23N/c1-2-3-9-12(13)10-11-7-5-4-6-8-11/h3,9,11-12H,2,4-8,10,13H2,1H3. The lowest BCUT2D eigenvalue weighted by Crippen LogP contribution is -2.22. The van der Waals surface area contributed by atoms with E-state index in [1.54, 1.807) is 0 Å². The maximum Gasteiger partial charge on any atom is 0.0226 e. The lowest BCUT2D eigenvalue weighted by molar-refractivity contribution is 0.329. The van der Waals surface area contributed by atoms with E-state index in [2.05, 4.69) is 19.1 Å². The second-order valence-corrected chi connectivity index (χ2v) is 4.24.